The first-order valence-electron chi connectivity index (χ1n) is 4.80. The summed E-state index contributed by atoms with van der Waals surface area (Å²) in [4.78, 5) is 0. The van der Waals surface area contributed by atoms with Crippen LogP contribution in [0.15, 0.2) is 0 Å². The van der Waals surface area contributed by atoms with Gasteiger partial charge in [-0.2, -0.15) is 0 Å². The van der Waals surface area contributed by atoms with Gasteiger partial charge in [0.1, 0.15) is 0 Å². The van der Waals surface area contributed by atoms with E-state index >= 15 is 0 Å². The van der Waals surface area contributed by atoms with Gasteiger partial charge in [0.25, 0.3) is 0 Å². The molecule has 2 bridgehead atoms. The summed E-state index contributed by atoms with van der Waals surface area (Å²) in [5.41, 5.74) is 5.46. The van der Waals surface area contributed by atoms with Crippen molar-refractivity contribution in [1.82, 2.24) is 0 Å². The highest BCUT2D eigenvalue weighted by molar-refractivity contribution is 5.07. The van der Waals surface area contributed by atoms with Crippen LogP contribution in [0.3, 0.4) is 0 Å². The minimum absolute atomic E-state index is 0.521. The topological polar surface area (TPSA) is 27.6 Å². The lowest BCUT2D eigenvalue weighted by atomic mass is 9.69. The zero-order valence-corrected chi connectivity index (χ0v) is 7.98. The Bertz CT molecular complexity index is 181. The van der Waals surface area contributed by atoms with Crippen molar-refractivity contribution in [3.63, 3.8) is 0 Å². The molecule has 0 aliphatic heterocycles. The first-order valence-corrected chi connectivity index (χ1v) is 4.80. The second kappa shape index (κ2) is 1.82. The standard InChI is InChI=1S/C10H19N/c1-9(2)7-4-5-10(3,6-7)8(9)11/h7-8H,4-6,11H2,1-3H3/p+1/t7-,8-,10+/m1/s1. The van der Waals surface area contributed by atoms with Crippen LogP contribution >= 0.6 is 0 Å². The van der Waals surface area contributed by atoms with E-state index in [1.54, 1.807) is 0 Å². The third-order valence-electron chi connectivity index (χ3n) is 4.57. The summed E-state index contributed by atoms with van der Waals surface area (Å²) in [6.45, 7) is 7.24. The molecule has 3 atom stereocenters. The minimum Gasteiger partial charge on any atom is -0.354 e. The Morgan fingerprint density at radius 3 is 2.18 bits per heavy atom. The van der Waals surface area contributed by atoms with Crippen molar-refractivity contribution in [3.8, 4) is 0 Å². The van der Waals surface area contributed by atoms with Crippen molar-refractivity contribution >= 4 is 0 Å². The lowest BCUT2D eigenvalue weighted by molar-refractivity contribution is -0.467. The number of rotatable bonds is 0. The second-order valence-corrected chi connectivity index (χ2v) is 5.47. The van der Waals surface area contributed by atoms with Gasteiger partial charge in [-0.3, -0.25) is 0 Å². The Hall–Kier alpha value is -0.0400. The zero-order chi connectivity index (χ0) is 8.28. The van der Waals surface area contributed by atoms with E-state index in [4.69, 9.17) is 0 Å². The van der Waals surface area contributed by atoms with Crippen LogP contribution in [0.25, 0.3) is 0 Å². The monoisotopic (exact) mass is 154 g/mol. The van der Waals surface area contributed by atoms with E-state index in [0.717, 1.165) is 5.92 Å². The van der Waals surface area contributed by atoms with Gasteiger partial charge in [-0.05, 0) is 25.2 Å². The lowest BCUT2D eigenvalue weighted by Crippen LogP contribution is -2.72. The number of fused-ring (bicyclic) bond motifs is 2. The molecule has 0 aromatic heterocycles. The van der Waals surface area contributed by atoms with Crippen molar-refractivity contribution in [2.75, 3.05) is 0 Å². The Labute approximate surface area is 69.4 Å². The van der Waals surface area contributed by atoms with Crippen molar-refractivity contribution in [2.45, 2.75) is 46.1 Å². The molecule has 0 saturated heterocycles. The van der Waals surface area contributed by atoms with Crippen molar-refractivity contribution in [1.29, 1.82) is 0 Å². The van der Waals surface area contributed by atoms with Crippen LogP contribution in [0, 0.1) is 16.7 Å². The fraction of sp³-hybridized carbons (Fsp3) is 1.00. The van der Waals surface area contributed by atoms with Gasteiger partial charge in [0.15, 0.2) is 0 Å². The van der Waals surface area contributed by atoms with Gasteiger partial charge >= 0.3 is 0 Å². The summed E-state index contributed by atoms with van der Waals surface area (Å²) in [6, 6.07) is 0.689. The predicted octanol–water partition coefficient (Wildman–Crippen LogP) is 1.44. The number of hydrogen-bond donors (Lipinski definition) is 1. The van der Waals surface area contributed by atoms with E-state index in [1.165, 1.54) is 19.3 Å². The molecule has 2 aliphatic carbocycles. The van der Waals surface area contributed by atoms with Gasteiger partial charge < -0.3 is 5.73 Å². The van der Waals surface area contributed by atoms with E-state index in [1.807, 2.05) is 0 Å². The molecule has 0 radical (unpaired) electrons. The van der Waals surface area contributed by atoms with E-state index < -0.39 is 0 Å². The quantitative estimate of drug-likeness (QED) is 0.547. The summed E-state index contributed by atoms with van der Waals surface area (Å²) in [5.74, 6) is 0.968. The predicted molar refractivity (Wildman–Crippen MR) is 45.9 cm³/mol. The Kier molecular flexibility index (Phi) is 1.26. The van der Waals surface area contributed by atoms with Crippen LogP contribution in [0.1, 0.15) is 40.0 Å². The molecule has 3 N–H and O–H groups in total. The molecular formula is C10H20N+. The highest BCUT2D eigenvalue weighted by Crippen LogP contribution is 2.60. The maximum Gasteiger partial charge on any atom is 0.0951 e. The van der Waals surface area contributed by atoms with Gasteiger partial charge in [0.05, 0.1) is 6.04 Å². The zero-order valence-electron chi connectivity index (χ0n) is 7.98. The van der Waals surface area contributed by atoms with Crippen molar-refractivity contribution in [3.05, 3.63) is 0 Å². The van der Waals surface area contributed by atoms with Crippen LogP contribution in [-0.4, -0.2) is 6.04 Å². The highest BCUT2D eigenvalue weighted by atomic mass is 14.8. The van der Waals surface area contributed by atoms with Crippen LogP contribution in [-0.2, 0) is 0 Å². The molecule has 64 valence electrons. The first-order chi connectivity index (χ1) is 4.97. The van der Waals surface area contributed by atoms with E-state index in [9.17, 15) is 0 Å². The van der Waals surface area contributed by atoms with E-state index in [-0.39, 0.29) is 0 Å². The molecule has 0 unspecified atom stereocenters. The summed E-state index contributed by atoms with van der Waals surface area (Å²) in [5, 5.41) is 0. The minimum atomic E-state index is 0.521. The Balaban J connectivity index is 2.34. The Morgan fingerprint density at radius 2 is 1.91 bits per heavy atom. The molecule has 2 saturated carbocycles. The van der Waals surface area contributed by atoms with Crippen LogP contribution in [0.4, 0.5) is 0 Å². The van der Waals surface area contributed by atoms with Gasteiger partial charge in [0, 0.05) is 10.8 Å². The molecule has 2 rings (SSSR count). The summed E-state index contributed by atoms with van der Waals surface area (Å²) >= 11 is 0. The fourth-order valence-corrected chi connectivity index (χ4v) is 3.41. The lowest BCUT2D eigenvalue weighted by Gasteiger charge is -2.37. The maximum atomic E-state index is 4.34. The molecule has 0 aromatic carbocycles. The normalized spacial score (nSPS) is 53.5. The number of quaternary nitrogens is 1. The molecular weight excluding hydrogens is 134 g/mol. The van der Waals surface area contributed by atoms with Gasteiger partial charge in [-0.25, -0.2) is 0 Å². The maximum absolute atomic E-state index is 4.34. The molecule has 2 fully saturated rings. The molecule has 11 heavy (non-hydrogen) atoms. The second-order valence-electron chi connectivity index (χ2n) is 5.47. The van der Waals surface area contributed by atoms with E-state index in [2.05, 4.69) is 26.5 Å². The molecule has 0 aromatic rings. The number of hydrogen-bond acceptors (Lipinski definition) is 0. The third kappa shape index (κ3) is 0.752. The molecule has 2 aliphatic rings. The summed E-state index contributed by atoms with van der Waals surface area (Å²) < 4.78 is 0. The van der Waals surface area contributed by atoms with Crippen LogP contribution < -0.4 is 5.73 Å². The third-order valence-corrected chi connectivity index (χ3v) is 4.57. The average molecular weight is 154 g/mol. The molecule has 1 heteroatoms. The molecule has 0 heterocycles. The molecule has 1 nitrogen and oxygen atoms in total. The molecule has 0 spiro atoms. The fourth-order valence-electron chi connectivity index (χ4n) is 3.41. The summed E-state index contributed by atoms with van der Waals surface area (Å²) in [6.07, 6.45) is 4.32. The van der Waals surface area contributed by atoms with Gasteiger partial charge in [-0.1, -0.05) is 20.8 Å². The average Bonchev–Trinajstić information content (AvgIpc) is 2.36. The smallest absolute Gasteiger partial charge is 0.0951 e. The highest BCUT2D eigenvalue weighted by Gasteiger charge is 2.60. The first kappa shape index (κ1) is 7.60. The van der Waals surface area contributed by atoms with Crippen molar-refractivity contribution < 1.29 is 5.73 Å². The molecule has 0 amide bonds. The van der Waals surface area contributed by atoms with Crippen LogP contribution in [0.5, 0.6) is 0 Å². The Morgan fingerprint density at radius 1 is 1.27 bits per heavy atom. The summed E-state index contributed by atoms with van der Waals surface area (Å²) in [7, 11) is 0. The van der Waals surface area contributed by atoms with Gasteiger partial charge in [-0.15, -0.1) is 0 Å². The van der Waals surface area contributed by atoms with E-state index in [0.29, 0.717) is 16.9 Å². The largest absolute Gasteiger partial charge is 0.354 e. The SMILES string of the molecule is CC1(C)[C@@H]2CC[C@@](C)(C2)[C@@H]1[NH3+]. The van der Waals surface area contributed by atoms with Gasteiger partial charge in [0.2, 0.25) is 0 Å². The van der Waals surface area contributed by atoms with Crippen molar-refractivity contribution in [2.24, 2.45) is 16.7 Å². The van der Waals surface area contributed by atoms with Crippen LogP contribution in [0.2, 0.25) is 0 Å².